The second-order valence-corrected chi connectivity index (χ2v) is 6.63. The Morgan fingerprint density at radius 1 is 1.11 bits per heavy atom. The van der Waals surface area contributed by atoms with Gasteiger partial charge in [0.25, 0.3) is 0 Å². The third-order valence-electron chi connectivity index (χ3n) is 4.57. The minimum absolute atomic E-state index is 0.0404. The van der Waals surface area contributed by atoms with E-state index in [1.54, 1.807) is 28.9 Å². The lowest BCUT2D eigenvalue weighted by Crippen LogP contribution is -2.04. The Labute approximate surface area is 164 Å². The van der Waals surface area contributed by atoms with E-state index in [9.17, 15) is 9.18 Å². The molecule has 3 aromatic rings. The number of rotatable bonds is 8. The highest BCUT2D eigenvalue weighted by atomic mass is 19.1. The normalized spacial score (nSPS) is 11.5. The van der Waals surface area contributed by atoms with Crippen LogP contribution in [0.15, 0.2) is 72.8 Å². The van der Waals surface area contributed by atoms with Gasteiger partial charge in [0.1, 0.15) is 12.4 Å². The van der Waals surface area contributed by atoms with Crippen LogP contribution in [0.3, 0.4) is 0 Å². The summed E-state index contributed by atoms with van der Waals surface area (Å²) in [5.74, 6) is 0.656. The van der Waals surface area contributed by atoms with Crippen LogP contribution in [0, 0.1) is 0 Å². The Morgan fingerprint density at radius 2 is 1.82 bits per heavy atom. The molecule has 0 unspecified atom stereocenters. The Kier molecular flexibility index (Phi) is 6.37. The van der Waals surface area contributed by atoms with Crippen molar-refractivity contribution < 1.29 is 13.9 Å². The minimum Gasteiger partial charge on any atom is -0.489 e. The number of ketones is 1. The summed E-state index contributed by atoms with van der Waals surface area (Å²) in [5, 5.41) is 4.17. The largest absolute Gasteiger partial charge is 0.489 e. The van der Waals surface area contributed by atoms with Gasteiger partial charge in [0, 0.05) is 30.8 Å². The van der Waals surface area contributed by atoms with Gasteiger partial charge in [-0.2, -0.15) is 5.10 Å². The Morgan fingerprint density at radius 3 is 2.39 bits per heavy atom. The van der Waals surface area contributed by atoms with Crippen molar-refractivity contribution >= 4 is 5.78 Å². The van der Waals surface area contributed by atoms with Gasteiger partial charge in [-0.3, -0.25) is 9.48 Å². The SMILES string of the molecule is CCC(=CF)COc1ccc(C(=O)Cc2ccc(-c3cnn(C)c3)cc2)cc1. The monoisotopic (exact) mass is 378 g/mol. The van der Waals surface area contributed by atoms with E-state index in [0.29, 0.717) is 36.1 Å². The molecular weight excluding hydrogens is 355 g/mol. The van der Waals surface area contributed by atoms with Crippen LogP contribution in [-0.4, -0.2) is 22.2 Å². The number of carbonyl (C=O) groups is 1. The summed E-state index contributed by atoms with van der Waals surface area (Å²) in [7, 11) is 1.88. The lowest BCUT2D eigenvalue weighted by Gasteiger charge is -2.08. The predicted molar refractivity (Wildman–Crippen MR) is 108 cm³/mol. The first-order valence-corrected chi connectivity index (χ1v) is 9.21. The highest BCUT2D eigenvalue weighted by molar-refractivity contribution is 5.97. The Bertz CT molecular complexity index is 957. The summed E-state index contributed by atoms with van der Waals surface area (Å²) >= 11 is 0. The van der Waals surface area contributed by atoms with Gasteiger partial charge in [-0.05, 0) is 47.4 Å². The molecule has 0 N–H and O–H groups in total. The molecule has 0 saturated heterocycles. The molecule has 0 aliphatic carbocycles. The van der Waals surface area contributed by atoms with E-state index in [4.69, 9.17) is 4.74 Å². The molecule has 4 nitrogen and oxygen atoms in total. The van der Waals surface area contributed by atoms with Crippen molar-refractivity contribution in [1.82, 2.24) is 9.78 Å². The molecule has 1 heterocycles. The first-order valence-electron chi connectivity index (χ1n) is 9.21. The minimum atomic E-state index is 0.0404. The summed E-state index contributed by atoms with van der Waals surface area (Å²) in [6, 6.07) is 14.9. The van der Waals surface area contributed by atoms with Crippen molar-refractivity contribution in [3.05, 3.63) is 84.0 Å². The topological polar surface area (TPSA) is 44.1 Å². The molecule has 3 rings (SSSR count). The van der Waals surface area contributed by atoms with Gasteiger partial charge in [-0.15, -0.1) is 0 Å². The Hall–Kier alpha value is -3.21. The number of hydrogen-bond donors (Lipinski definition) is 0. The summed E-state index contributed by atoms with van der Waals surface area (Å²) in [6.07, 6.45) is 5.29. The number of carbonyl (C=O) groups excluding carboxylic acids is 1. The summed E-state index contributed by atoms with van der Waals surface area (Å²) in [5.41, 5.74) is 4.29. The zero-order chi connectivity index (χ0) is 19.9. The molecule has 0 radical (unpaired) electrons. The molecule has 144 valence electrons. The van der Waals surface area contributed by atoms with Crippen LogP contribution in [0.1, 0.15) is 29.3 Å². The summed E-state index contributed by atoms with van der Waals surface area (Å²) in [6.45, 7) is 2.09. The first kappa shape index (κ1) is 19.5. The zero-order valence-electron chi connectivity index (χ0n) is 16.1. The van der Waals surface area contributed by atoms with Crippen molar-refractivity contribution in [3.63, 3.8) is 0 Å². The highest BCUT2D eigenvalue weighted by Crippen LogP contribution is 2.20. The molecule has 0 aliphatic rings. The van der Waals surface area contributed by atoms with Crippen LogP contribution in [0.4, 0.5) is 4.39 Å². The Balaban J connectivity index is 1.60. The van der Waals surface area contributed by atoms with Gasteiger partial charge in [-0.1, -0.05) is 31.2 Å². The second-order valence-electron chi connectivity index (χ2n) is 6.63. The van der Waals surface area contributed by atoms with Crippen molar-refractivity contribution in [2.45, 2.75) is 19.8 Å². The highest BCUT2D eigenvalue weighted by Gasteiger charge is 2.08. The average molecular weight is 378 g/mol. The van der Waals surface area contributed by atoms with Crippen molar-refractivity contribution in [2.75, 3.05) is 6.61 Å². The van der Waals surface area contributed by atoms with Crippen molar-refractivity contribution in [3.8, 4) is 16.9 Å². The molecule has 0 aliphatic heterocycles. The maximum absolute atomic E-state index is 12.6. The number of ether oxygens (including phenoxy) is 1. The molecular formula is C23H23FN2O2. The molecule has 0 atom stereocenters. The molecule has 0 saturated carbocycles. The number of hydrogen-bond acceptors (Lipinski definition) is 3. The van der Waals surface area contributed by atoms with Crippen LogP contribution in [0.25, 0.3) is 11.1 Å². The second kappa shape index (κ2) is 9.13. The van der Waals surface area contributed by atoms with E-state index in [-0.39, 0.29) is 12.4 Å². The van der Waals surface area contributed by atoms with Crippen LogP contribution in [-0.2, 0) is 13.5 Å². The summed E-state index contributed by atoms with van der Waals surface area (Å²) in [4.78, 5) is 12.5. The molecule has 5 heteroatoms. The van der Waals surface area contributed by atoms with Crippen LogP contribution in [0.5, 0.6) is 5.75 Å². The third-order valence-corrected chi connectivity index (χ3v) is 4.57. The van der Waals surface area contributed by atoms with Gasteiger partial charge in [0.2, 0.25) is 0 Å². The smallest absolute Gasteiger partial charge is 0.167 e. The first-order chi connectivity index (χ1) is 13.6. The number of benzene rings is 2. The van der Waals surface area contributed by atoms with Gasteiger partial charge in [0.05, 0.1) is 12.5 Å². The standard InChI is InChI=1S/C23H23FN2O2/c1-3-17(13-24)16-28-22-10-8-20(9-11-22)23(27)12-18-4-6-19(7-5-18)21-14-25-26(2)15-21/h4-11,13-15H,3,12,16H2,1-2H3. The average Bonchev–Trinajstić information content (AvgIpc) is 3.16. The zero-order valence-corrected chi connectivity index (χ0v) is 16.1. The molecule has 0 fully saturated rings. The quantitative estimate of drug-likeness (QED) is 0.509. The number of nitrogens with zero attached hydrogens (tertiary/aromatic N) is 2. The number of aromatic nitrogens is 2. The van der Waals surface area contributed by atoms with E-state index in [1.807, 2.05) is 50.6 Å². The number of aryl methyl sites for hydroxylation is 1. The fraction of sp³-hybridized carbons (Fsp3) is 0.217. The van der Waals surface area contributed by atoms with Crippen LogP contribution >= 0.6 is 0 Å². The fourth-order valence-electron chi connectivity index (χ4n) is 2.80. The molecule has 0 amide bonds. The maximum atomic E-state index is 12.6. The predicted octanol–water partition coefficient (Wildman–Crippen LogP) is 5.15. The van der Waals surface area contributed by atoms with E-state index in [0.717, 1.165) is 16.7 Å². The molecule has 28 heavy (non-hydrogen) atoms. The van der Waals surface area contributed by atoms with Gasteiger partial charge < -0.3 is 4.74 Å². The molecule has 2 aromatic carbocycles. The van der Waals surface area contributed by atoms with Crippen LogP contribution < -0.4 is 4.74 Å². The van der Waals surface area contributed by atoms with Gasteiger partial charge >= 0.3 is 0 Å². The van der Waals surface area contributed by atoms with E-state index in [2.05, 4.69) is 5.10 Å². The molecule has 0 bridgehead atoms. The van der Waals surface area contributed by atoms with Gasteiger partial charge in [-0.25, -0.2) is 4.39 Å². The number of halogens is 1. The maximum Gasteiger partial charge on any atom is 0.167 e. The third kappa shape index (κ3) is 4.94. The number of Topliss-reactive ketones (excluding diaryl/α,β-unsaturated/α-hetero) is 1. The van der Waals surface area contributed by atoms with Crippen LogP contribution in [0.2, 0.25) is 0 Å². The van der Waals surface area contributed by atoms with Crippen molar-refractivity contribution in [1.29, 1.82) is 0 Å². The lowest BCUT2D eigenvalue weighted by molar-refractivity contribution is 0.0993. The fourth-order valence-corrected chi connectivity index (χ4v) is 2.80. The van der Waals surface area contributed by atoms with E-state index in [1.165, 1.54) is 0 Å². The van der Waals surface area contributed by atoms with E-state index >= 15 is 0 Å². The lowest BCUT2D eigenvalue weighted by atomic mass is 10.0. The summed E-state index contributed by atoms with van der Waals surface area (Å²) < 4.78 is 19.9. The van der Waals surface area contributed by atoms with E-state index < -0.39 is 0 Å². The molecule has 1 aromatic heterocycles. The van der Waals surface area contributed by atoms with Gasteiger partial charge in [0.15, 0.2) is 5.78 Å². The molecule has 0 spiro atoms. The van der Waals surface area contributed by atoms with Crippen molar-refractivity contribution in [2.24, 2.45) is 7.05 Å².